The highest BCUT2D eigenvalue weighted by atomic mass is 16.7. The summed E-state index contributed by atoms with van der Waals surface area (Å²) in [4.78, 5) is 14.7. The molecule has 1 aliphatic heterocycles. The Bertz CT molecular complexity index is 641. The zero-order valence-electron chi connectivity index (χ0n) is 9.70. The quantitative estimate of drug-likeness (QED) is 0.911. The zero-order valence-corrected chi connectivity index (χ0v) is 9.70. The summed E-state index contributed by atoms with van der Waals surface area (Å²) >= 11 is 0. The molecule has 3 rings (SSSR count). The molecule has 0 atom stereocenters. The van der Waals surface area contributed by atoms with Crippen LogP contribution in [0, 0.1) is 0 Å². The van der Waals surface area contributed by atoms with Gasteiger partial charge in [-0.3, -0.25) is 0 Å². The summed E-state index contributed by atoms with van der Waals surface area (Å²) in [5.41, 5.74) is -0.0711. The largest absolute Gasteiger partial charge is 0.477 e. The highest BCUT2D eigenvalue weighted by molar-refractivity contribution is 5.85. The molecular formula is C13H9NO5. The van der Waals surface area contributed by atoms with Crippen molar-refractivity contribution in [1.29, 1.82) is 0 Å². The van der Waals surface area contributed by atoms with Gasteiger partial charge in [0.15, 0.2) is 17.2 Å². The average Bonchev–Trinajstić information content (AvgIpc) is 2.86. The van der Waals surface area contributed by atoms with Gasteiger partial charge in [0.25, 0.3) is 0 Å². The number of aromatic nitrogens is 1. The summed E-state index contributed by atoms with van der Waals surface area (Å²) in [5.74, 6) is 0.848. The Morgan fingerprint density at radius 1 is 1.21 bits per heavy atom. The normalized spacial score (nSPS) is 12.2. The van der Waals surface area contributed by atoms with Crippen LogP contribution in [-0.2, 0) is 0 Å². The minimum Gasteiger partial charge on any atom is -0.477 e. The molecule has 1 N–H and O–H groups in total. The van der Waals surface area contributed by atoms with E-state index in [1.165, 1.54) is 6.07 Å². The lowest BCUT2D eigenvalue weighted by Gasteiger charge is -2.05. The van der Waals surface area contributed by atoms with Gasteiger partial charge >= 0.3 is 5.97 Å². The van der Waals surface area contributed by atoms with Crippen LogP contribution < -0.4 is 14.2 Å². The summed E-state index contributed by atoms with van der Waals surface area (Å²) in [6.45, 7) is 0.186. The molecule has 6 nitrogen and oxygen atoms in total. The average molecular weight is 259 g/mol. The third kappa shape index (κ3) is 2.28. The Morgan fingerprint density at radius 2 is 2.05 bits per heavy atom. The van der Waals surface area contributed by atoms with Crippen molar-refractivity contribution in [3.05, 3.63) is 42.1 Å². The molecule has 0 radical (unpaired) electrons. The molecule has 2 aromatic rings. The maximum absolute atomic E-state index is 10.8. The molecule has 0 aliphatic carbocycles. The molecule has 19 heavy (non-hydrogen) atoms. The van der Waals surface area contributed by atoms with Crippen LogP contribution in [-0.4, -0.2) is 22.9 Å². The van der Waals surface area contributed by atoms with Gasteiger partial charge < -0.3 is 19.3 Å². The van der Waals surface area contributed by atoms with Crippen molar-refractivity contribution in [1.82, 2.24) is 4.98 Å². The summed E-state index contributed by atoms with van der Waals surface area (Å²) in [7, 11) is 0. The number of carboxylic acids is 1. The number of carboxylic acid groups (broad SMARTS) is 1. The first-order chi connectivity index (χ1) is 9.22. The van der Waals surface area contributed by atoms with Gasteiger partial charge in [-0.05, 0) is 18.2 Å². The zero-order chi connectivity index (χ0) is 13.2. The standard InChI is InChI=1S/C13H9NO5/c15-13(16)9-2-1-3-12(14-9)19-8-4-5-10-11(6-8)18-7-17-10/h1-6H,7H2,(H,15,16). The maximum Gasteiger partial charge on any atom is 0.354 e. The number of rotatable bonds is 3. The Hall–Kier alpha value is -2.76. The number of ether oxygens (including phenoxy) is 3. The van der Waals surface area contributed by atoms with Gasteiger partial charge in [-0.2, -0.15) is 0 Å². The molecule has 0 saturated heterocycles. The van der Waals surface area contributed by atoms with Crippen molar-refractivity contribution in [3.8, 4) is 23.1 Å². The van der Waals surface area contributed by atoms with Crippen LogP contribution in [0.3, 0.4) is 0 Å². The second-order valence-electron chi connectivity index (χ2n) is 3.78. The van der Waals surface area contributed by atoms with Gasteiger partial charge in [-0.15, -0.1) is 0 Å². The first-order valence-corrected chi connectivity index (χ1v) is 5.50. The number of nitrogens with zero attached hydrogens (tertiary/aromatic N) is 1. The third-order valence-electron chi connectivity index (χ3n) is 2.51. The fourth-order valence-electron chi connectivity index (χ4n) is 1.65. The fraction of sp³-hybridized carbons (Fsp3) is 0.0769. The monoisotopic (exact) mass is 259 g/mol. The van der Waals surface area contributed by atoms with E-state index >= 15 is 0 Å². The van der Waals surface area contributed by atoms with E-state index in [1.807, 2.05) is 0 Å². The molecule has 1 aromatic carbocycles. The van der Waals surface area contributed by atoms with Crippen molar-refractivity contribution in [2.45, 2.75) is 0 Å². The number of aromatic carboxylic acids is 1. The van der Waals surface area contributed by atoms with E-state index in [4.69, 9.17) is 19.3 Å². The Balaban J connectivity index is 1.85. The molecular weight excluding hydrogens is 250 g/mol. The number of pyridine rings is 1. The van der Waals surface area contributed by atoms with Gasteiger partial charge in [0, 0.05) is 12.1 Å². The number of carbonyl (C=O) groups is 1. The Labute approximate surface area is 108 Å². The highest BCUT2D eigenvalue weighted by Gasteiger charge is 2.14. The molecule has 0 fully saturated rings. The van der Waals surface area contributed by atoms with E-state index in [-0.39, 0.29) is 18.4 Å². The lowest BCUT2D eigenvalue weighted by Crippen LogP contribution is -2.00. The first kappa shape index (κ1) is 11.3. The van der Waals surface area contributed by atoms with Crippen molar-refractivity contribution in [2.75, 3.05) is 6.79 Å². The van der Waals surface area contributed by atoms with Crippen molar-refractivity contribution in [3.63, 3.8) is 0 Å². The SMILES string of the molecule is O=C(O)c1cccc(Oc2ccc3c(c2)OCO3)n1. The molecule has 0 saturated carbocycles. The smallest absolute Gasteiger partial charge is 0.354 e. The fourth-order valence-corrected chi connectivity index (χ4v) is 1.65. The van der Waals surface area contributed by atoms with Crippen LogP contribution in [0.15, 0.2) is 36.4 Å². The lowest BCUT2D eigenvalue weighted by atomic mass is 10.3. The molecule has 1 aliphatic rings. The van der Waals surface area contributed by atoms with Crippen LogP contribution >= 0.6 is 0 Å². The number of fused-ring (bicyclic) bond motifs is 1. The second kappa shape index (κ2) is 4.49. The third-order valence-corrected chi connectivity index (χ3v) is 2.51. The number of benzene rings is 1. The predicted molar refractivity (Wildman–Crippen MR) is 63.8 cm³/mol. The van der Waals surface area contributed by atoms with E-state index in [9.17, 15) is 4.79 Å². The molecule has 1 aromatic heterocycles. The minimum absolute atomic E-state index is 0.0711. The summed E-state index contributed by atoms with van der Waals surface area (Å²) in [5, 5.41) is 8.85. The van der Waals surface area contributed by atoms with Gasteiger partial charge in [0.1, 0.15) is 5.75 Å². The number of hydrogen-bond donors (Lipinski definition) is 1. The topological polar surface area (TPSA) is 77.9 Å². The highest BCUT2D eigenvalue weighted by Crippen LogP contribution is 2.36. The van der Waals surface area contributed by atoms with Crippen LogP contribution in [0.4, 0.5) is 0 Å². The van der Waals surface area contributed by atoms with Crippen molar-refractivity contribution in [2.24, 2.45) is 0 Å². The predicted octanol–water partition coefficient (Wildman–Crippen LogP) is 2.30. The molecule has 0 spiro atoms. The molecule has 0 amide bonds. The van der Waals surface area contributed by atoms with Gasteiger partial charge in [-0.1, -0.05) is 6.07 Å². The molecule has 96 valence electrons. The number of hydrogen-bond acceptors (Lipinski definition) is 5. The van der Waals surface area contributed by atoms with Crippen LogP contribution in [0.5, 0.6) is 23.1 Å². The van der Waals surface area contributed by atoms with Crippen LogP contribution in [0.25, 0.3) is 0 Å². The Kier molecular flexibility index (Phi) is 2.68. The van der Waals surface area contributed by atoms with E-state index < -0.39 is 5.97 Å². The van der Waals surface area contributed by atoms with Gasteiger partial charge in [0.2, 0.25) is 12.7 Å². The summed E-state index contributed by atoms with van der Waals surface area (Å²) < 4.78 is 15.9. The van der Waals surface area contributed by atoms with E-state index in [0.29, 0.717) is 17.2 Å². The van der Waals surface area contributed by atoms with Crippen molar-refractivity contribution < 1.29 is 24.1 Å². The molecule has 0 unspecified atom stereocenters. The lowest BCUT2D eigenvalue weighted by molar-refractivity contribution is 0.0689. The molecule has 0 bridgehead atoms. The maximum atomic E-state index is 10.8. The van der Waals surface area contributed by atoms with Gasteiger partial charge in [0.05, 0.1) is 0 Å². The van der Waals surface area contributed by atoms with Crippen LogP contribution in [0.2, 0.25) is 0 Å². The molecule has 6 heteroatoms. The van der Waals surface area contributed by atoms with Gasteiger partial charge in [-0.25, -0.2) is 9.78 Å². The van der Waals surface area contributed by atoms with E-state index in [0.717, 1.165) is 0 Å². The summed E-state index contributed by atoms with van der Waals surface area (Å²) in [6, 6.07) is 9.63. The van der Waals surface area contributed by atoms with Crippen molar-refractivity contribution >= 4 is 5.97 Å². The van der Waals surface area contributed by atoms with E-state index in [1.54, 1.807) is 30.3 Å². The van der Waals surface area contributed by atoms with Crippen LogP contribution in [0.1, 0.15) is 10.5 Å². The Morgan fingerprint density at radius 3 is 2.89 bits per heavy atom. The first-order valence-electron chi connectivity index (χ1n) is 5.50. The second-order valence-corrected chi connectivity index (χ2v) is 3.78. The minimum atomic E-state index is -1.10. The molecule has 2 heterocycles. The summed E-state index contributed by atoms with van der Waals surface area (Å²) in [6.07, 6.45) is 0. The van der Waals surface area contributed by atoms with E-state index in [2.05, 4.69) is 4.98 Å².